The minimum atomic E-state index is -0.458. The van der Waals surface area contributed by atoms with Crippen LogP contribution in [0.15, 0.2) is 18.2 Å². The van der Waals surface area contributed by atoms with Crippen molar-refractivity contribution in [1.29, 1.82) is 0 Å². The number of likely N-dealkylation sites (N-methyl/N-ethyl adjacent to an activating group) is 1. The summed E-state index contributed by atoms with van der Waals surface area (Å²) in [5.74, 6) is -0.765. The van der Waals surface area contributed by atoms with Crippen LogP contribution in [0.4, 0.5) is 10.1 Å². The molecule has 0 atom stereocenters. The maximum Gasteiger partial charge on any atom is 0.236 e. The second kappa shape index (κ2) is 6.02. The molecule has 3 N–H and O–H groups in total. The smallest absolute Gasteiger partial charge is 0.236 e. The van der Waals surface area contributed by atoms with E-state index in [1.54, 1.807) is 11.0 Å². The van der Waals surface area contributed by atoms with E-state index in [4.69, 9.17) is 5.73 Å². The maximum absolute atomic E-state index is 14.1. The molecule has 0 aromatic heterocycles. The fourth-order valence-electron chi connectivity index (χ4n) is 2.02. The summed E-state index contributed by atoms with van der Waals surface area (Å²) in [6.45, 7) is 3.13. The number of carbonyl (C=O) groups excluding carboxylic acids is 1. The van der Waals surface area contributed by atoms with Crippen molar-refractivity contribution < 1.29 is 9.18 Å². The molecule has 1 aromatic rings. The minimum Gasteiger partial charge on any atom is -0.368 e. The van der Waals surface area contributed by atoms with E-state index in [1.165, 1.54) is 18.9 Å². The number of carbonyl (C=O) groups is 1. The molecule has 0 bridgehead atoms. The van der Waals surface area contributed by atoms with Gasteiger partial charge in [-0.1, -0.05) is 6.07 Å². The van der Waals surface area contributed by atoms with Gasteiger partial charge < -0.3 is 16.0 Å². The van der Waals surface area contributed by atoms with E-state index in [0.29, 0.717) is 24.8 Å². The number of primary amides is 1. The van der Waals surface area contributed by atoms with Crippen LogP contribution in [0.5, 0.6) is 0 Å². The summed E-state index contributed by atoms with van der Waals surface area (Å²) in [5.41, 5.74) is 6.51. The average Bonchev–Trinajstić information content (AvgIpc) is 3.18. The normalized spacial score (nSPS) is 14.4. The van der Waals surface area contributed by atoms with Crippen molar-refractivity contribution in [3.05, 3.63) is 29.6 Å². The molecule has 1 aliphatic rings. The molecule has 0 unspecified atom stereocenters. The van der Waals surface area contributed by atoms with Crippen LogP contribution < -0.4 is 16.0 Å². The standard InChI is InChI=1S/C14H20FN3O/c1-2-18(9-14(16)19)13-6-3-10(7-12(13)15)8-17-11-4-5-11/h3,6-7,11,17H,2,4-5,8-9H2,1H3,(H2,16,19). The average molecular weight is 265 g/mol. The number of nitrogens with two attached hydrogens (primary N) is 1. The Kier molecular flexibility index (Phi) is 4.37. The highest BCUT2D eigenvalue weighted by Crippen LogP contribution is 2.22. The van der Waals surface area contributed by atoms with Crippen LogP contribution in [0.1, 0.15) is 25.3 Å². The van der Waals surface area contributed by atoms with Crippen molar-refractivity contribution in [2.24, 2.45) is 5.73 Å². The van der Waals surface area contributed by atoms with Gasteiger partial charge in [0.1, 0.15) is 5.82 Å². The Morgan fingerprint density at radius 2 is 2.26 bits per heavy atom. The van der Waals surface area contributed by atoms with E-state index >= 15 is 0 Å². The number of hydrogen-bond donors (Lipinski definition) is 2. The number of nitrogens with one attached hydrogen (secondary N) is 1. The van der Waals surface area contributed by atoms with Gasteiger partial charge in [0, 0.05) is 19.1 Å². The van der Waals surface area contributed by atoms with Crippen LogP contribution in [-0.4, -0.2) is 25.0 Å². The van der Waals surface area contributed by atoms with Crippen molar-refractivity contribution in [2.75, 3.05) is 18.0 Å². The zero-order valence-corrected chi connectivity index (χ0v) is 11.2. The molecule has 1 amide bonds. The van der Waals surface area contributed by atoms with E-state index in [9.17, 15) is 9.18 Å². The van der Waals surface area contributed by atoms with E-state index in [2.05, 4.69) is 5.32 Å². The zero-order chi connectivity index (χ0) is 13.8. The van der Waals surface area contributed by atoms with E-state index in [1.807, 2.05) is 13.0 Å². The second-order valence-electron chi connectivity index (χ2n) is 4.92. The number of amides is 1. The van der Waals surface area contributed by atoms with Gasteiger partial charge in [0.05, 0.1) is 12.2 Å². The van der Waals surface area contributed by atoms with Crippen molar-refractivity contribution in [3.8, 4) is 0 Å². The molecule has 0 radical (unpaired) electrons. The fourth-order valence-corrected chi connectivity index (χ4v) is 2.02. The van der Waals surface area contributed by atoms with Crippen LogP contribution in [0, 0.1) is 5.82 Å². The number of nitrogens with zero attached hydrogens (tertiary/aromatic N) is 1. The number of rotatable bonds is 7. The Morgan fingerprint density at radius 1 is 1.53 bits per heavy atom. The quantitative estimate of drug-likeness (QED) is 0.783. The molecule has 5 heteroatoms. The minimum absolute atomic E-state index is 0.0348. The lowest BCUT2D eigenvalue weighted by Crippen LogP contribution is -2.34. The highest BCUT2D eigenvalue weighted by molar-refractivity contribution is 5.79. The van der Waals surface area contributed by atoms with Gasteiger partial charge in [-0.15, -0.1) is 0 Å². The molecule has 0 aliphatic heterocycles. The lowest BCUT2D eigenvalue weighted by atomic mass is 10.1. The Hall–Kier alpha value is -1.62. The lowest BCUT2D eigenvalue weighted by molar-refractivity contribution is -0.116. The first-order valence-electron chi connectivity index (χ1n) is 6.65. The maximum atomic E-state index is 14.1. The van der Waals surface area contributed by atoms with Crippen LogP contribution >= 0.6 is 0 Å². The summed E-state index contributed by atoms with van der Waals surface area (Å²) in [6.07, 6.45) is 2.42. The van der Waals surface area contributed by atoms with Crippen molar-refractivity contribution in [2.45, 2.75) is 32.4 Å². The first-order valence-corrected chi connectivity index (χ1v) is 6.65. The van der Waals surface area contributed by atoms with Gasteiger partial charge in [0.15, 0.2) is 0 Å². The topological polar surface area (TPSA) is 58.4 Å². The molecule has 4 nitrogen and oxygen atoms in total. The van der Waals surface area contributed by atoms with Crippen molar-refractivity contribution >= 4 is 11.6 Å². The molecule has 1 saturated carbocycles. The van der Waals surface area contributed by atoms with Gasteiger partial charge in [-0.25, -0.2) is 4.39 Å². The lowest BCUT2D eigenvalue weighted by Gasteiger charge is -2.22. The highest BCUT2D eigenvalue weighted by atomic mass is 19.1. The fraction of sp³-hybridized carbons (Fsp3) is 0.500. The van der Waals surface area contributed by atoms with Gasteiger partial charge in [0.2, 0.25) is 5.91 Å². The SMILES string of the molecule is CCN(CC(N)=O)c1ccc(CNC2CC2)cc1F. The molecule has 0 spiro atoms. The molecule has 1 fully saturated rings. The third-order valence-corrected chi connectivity index (χ3v) is 3.25. The molecule has 0 heterocycles. The number of anilines is 1. The third-order valence-electron chi connectivity index (χ3n) is 3.25. The zero-order valence-electron chi connectivity index (χ0n) is 11.2. The summed E-state index contributed by atoms with van der Waals surface area (Å²) in [7, 11) is 0. The van der Waals surface area contributed by atoms with Gasteiger partial charge in [-0.2, -0.15) is 0 Å². The summed E-state index contributed by atoms with van der Waals surface area (Å²) >= 11 is 0. The number of halogens is 1. The van der Waals surface area contributed by atoms with Gasteiger partial charge in [-0.3, -0.25) is 4.79 Å². The Morgan fingerprint density at radius 3 is 2.79 bits per heavy atom. The van der Waals surface area contributed by atoms with E-state index in [0.717, 1.165) is 5.56 Å². The van der Waals surface area contributed by atoms with E-state index < -0.39 is 5.91 Å². The Balaban J connectivity index is 2.05. The van der Waals surface area contributed by atoms with Gasteiger partial charge in [-0.05, 0) is 37.5 Å². The van der Waals surface area contributed by atoms with Crippen molar-refractivity contribution in [3.63, 3.8) is 0 Å². The predicted molar refractivity (Wildman–Crippen MR) is 73.3 cm³/mol. The predicted octanol–water partition coefficient (Wildman–Crippen LogP) is 1.39. The molecular weight excluding hydrogens is 245 g/mol. The first-order chi connectivity index (χ1) is 9.10. The molecule has 2 rings (SSSR count). The molecule has 1 aromatic carbocycles. The van der Waals surface area contributed by atoms with Gasteiger partial charge >= 0.3 is 0 Å². The second-order valence-corrected chi connectivity index (χ2v) is 4.92. The molecule has 104 valence electrons. The van der Waals surface area contributed by atoms with Crippen LogP contribution in [0.2, 0.25) is 0 Å². The summed E-state index contributed by atoms with van der Waals surface area (Å²) in [4.78, 5) is 12.6. The summed E-state index contributed by atoms with van der Waals surface area (Å²) < 4.78 is 14.1. The molecule has 1 aliphatic carbocycles. The van der Waals surface area contributed by atoms with E-state index in [-0.39, 0.29) is 12.4 Å². The number of hydrogen-bond acceptors (Lipinski definition) is 3. The summed E-state index contributed by atoms with van der Waals surface area (Å²) in [5, 5.41) is 3.34. The first kappa shape index (κ1) is 13.8. The third kappa shape index (κ3) is 3.92. The molecule has 19 heavy (non-hydrogen) atoms. The summed E-state index contributed by atoms with van der Waals surface area (Å²) in [6, 6.07) is 5.72. The molecule has 0 saturated heterocycles. The molecular formula is C14H20FN3O. The van der Waals surface area contributed by atoms with Crippen molar-refractivity contribution in [1.82, 2.24) is 5.32 Å². The Labute approximate surface area is 112 Å². The largest absolute Gasteiger partial charge is 0.368 e. The Bertz CT molecular complexity index is 460. The monoisotopic (exact) mass is 265 g/mol. The van der Waals surface area contributed by atoms with Crippen LogP contribution in [0.25, 0.3) is 0 Å². The van der Waals surface area contributed by atoms with Crippen LogP contribution in [0.3, 0.4) is 0 Å². The number of benzene rings is 1. The van der Waals surface area contributed by atoms with Gasteiger partial charge in [0.25, 0.3) is 0 Å². The van der Waals surface area contributed by atoms with Crippen LogP contribution in [-0.2, 0) is 11.3 Å². The highest BCUT2D eigenvalue weighted by Gasteiger charge is 2.20.